The van der Waals surface area contributed by atoms with Gasteiger partial charge in [0.15, 0.2) is 0 Å². The highest BCUT2D eigenvalue weighted by Crippen LogP contribution is 2.33. The van der Waals surface area contributed by atoms with Crippen molar-refractivity contribution in [1.82, 2.24) is 0 Å². The third kappa shape index (κ3) is 37.4. The largest absolute Gasteiger partial charge is 0.480 e. The number of nitro benzene ring substituents is 2. The lowest BCUT2D eigenvalue weighted by Gasteiger charge is -2.12. The minimum atomic E-state index is -4.75. The molecule has 0 radical (unpaired) electrons. The molecule has 0 aliphatic heterocycles. The van der Waals surface area contributed by atoms with Gasteiger partial charge in [0, 0.05) is 70.4 Å². The molecule has 38 nitrogen and oxygen atoms in total. The van der Waals surface area contributed by atoms with Crippen LogP contribution in [0.3, 0.4) is 0 Å². The Balaban J connectivity index is 0.000000285. The topological polar surface area (TPSA) is 562 Å². The van der Waals surface area contributed by atoms with Crippen molar-refractivity contribution in [2.75, 3.05) is 26.3 Å². The first-order valence-corrected chi connectivity index (χ1v) is 38.5. The summed E-state index contributed by atoms with van der Waals surface area (Å²) in [6.07, 6.45) is 0.949. The number of rotatable bonds is 36. The molecule has 4 N–H and O–H groups in total. The van der Waals surface area contributed by atoms with Crippen LogP contribution in [0.25, 0.3) is 20.9 Å². The number of nitrogens with zero attached hydrogens (tertiary/aromatic N) is 8. The van der Waals surface area contributed by atoms with Crippen molar-refractivity contribution in [2.45, 2.75) is 77.3 Å². The minimum Gasteiger partial charge on any atom is -0.480 e. The summed E-state index contributed by atoms with van der Waals surface area (Å²) in [4.78, 5) is 73.6. The quantitative estimate of drug-likeness (QED) is 0.00271. The van der Waals surface area contributed by atoms with Gasteiger partial charge in [-0.15, -0.1) is 12.8 Å². The van der Waals surface area contributed by atoms with Crippen molar-refractivity contribution in [2.24, 2.45) is 10.2 Å². The first kappa shape index (κ1) is 96.8. The lowest BCUT2D eigenvalue weighted by molar-refractivity contribution is -0.385. The van der Waals surface area contributed by atoms with E-state index in [1.54, 1.807) is 0 Å². The van der Waals surface area contributed by atoms with Gasteiger partial charge in [-0.2, -0.15) is 60.0 Å². The molecule has 0 saturated carbocycles. The summed E-state index contributed by atoms with van der Waals surface area (Å²) in [6, 6.07) is 34.5. The van der Waals surface area contributed by atoms with Gasteiger partial charge in [-0.05, 0) is 141 Å². The number of carbonyl (C=O) groups excluding carboxylic acids is 4. The molecule has 0 aliphatic rings. The summed E-state index contributed by atoms with van der Waals surface area (Å²) in [5, 5.41) is 28.1. The number of halogens is 6. The molecule has 0 aliphatic carbocycles. The number of nitro groups is 2. The second kappa shape index (κ2) is 45.6. The smallest absolute Gasteiger partial charge is 0.446 e. The molecule has 0 amide bonds. The highest BCUT2D eigenvalue weighted by atomic mass is 32.3. The standard InChI is InChI=1S/C19H15F3O7S.C18H16F3N3O6S.C18H15NO9S.C17H16N4O8S/c1-2-9-27-17-11-16(29-30(24,25)26)8-5-14(17)12-28-18(23)10-13-3-6-15(7-4-13)19(20,21)22;19-18(20,21)15-4-1-12(2-5-15)9-17(25)29-11-14-3-6-16(30-31(26,27)28)10-13(14)7-8-23-24-22;1-2-9-26-17-11-16(28-29(23,24)25)8-5-14(17)12-27-18(20)10-13-3-6-15(7-4-13)19(21)22;18-20-19-8-7-13-10-16(29-30(25,26)27)6-3-14(13)11-28-17(22)9-12-1-4-15(5-2-12)21(23)24/h1,3-8,11H,9-10,12H2,(H,24,25,26);1-6,10H,7-9,11H2,(H,26,27,28);1,3-8,11H,9-10,12H2,(H,23,24,25);1-6,10H,7-9,11H2,(H,25,26,27). The zero-order valence-corrected chi connectivity index (χ0v) is 64.4. The average molecular weight is 1760 g/mol. The Morgan fingerprint density at radius 2 is 0.650 bits per heavy atom. The molecule has 0 bridgehead atoms. The van der Waals surface area contributed by atoms with E-state index in [9.17, 15) is 99.4 Å². The molecular formula is C72H62F6N8O30S4. The molecule has 8 aromatic rings. The molecule has 636 valence electrons. The molecule has 8 rings (SSSR count). The van der Waals surface area contributed by atoms with Crippen LogP contribution >= 0.6 is 0 Å². The summed E-state index contributed by atoms with van der Waals surface area (Å²) < 4.78 is 246. The van der Waals surface area contributed by atoms with Gasteiger partial charge in [0.1, 0.15) is 74.1 Å². The monoisotopic (exact) mass is 1760 g/mol. The van der Waals surface area contributed by atoms with Gasteiger partial charge in [-0.1, -0.05) is 82.7 Å². The number of terminal acetylenes is 2. The Bertz CT molecular complexity index is 5640. The number of hydrogen-bond donors (Lipinski definition) is 4. The van der Waals surface area contributed by atoms with E-state index >= 15 is 0 Å². The van der Waals surface area contributed by atoms with Crippen molar-refractivity contribution in [3.63, 3.8) is 0 Å². The molecule has 8 aromatic carbocycles. The zero-order chi connectivity index (χ0) is 89.0. The maximum atomic E-state index is 12.6. The predicted molar refractivity (Wildman–Crippen MR) is 402 cm³/mol. The molecule has 120 heavy (non-hydrogen) atoms. The minimum absolute atomic E-state index is 0.0261. The van der Waals surface area contributed by atoms with E-state index in [0.717, 1.165) is 30.3 Å². The molecule has 0 atom stereocenters. The summed E-state index contributed by atoms with van der Waals surface area (Å²) >= 11 is 0. The van der Waals surface area contributed by atoms with Crippen molar-refractivity contribution < 1.29 is 152 Å². The Kier molecular flexibility index (Phi) is 36.8. The fourth-order valence-electron chi connectivity index (χ4n) is 9.49. The van der Waals surface area contributed by atoms with E-state index in [-0.39, 0.29) is 137 Å². The third-order valence-electron chi connectivity index (χ3n) is 14.8. The zero-order valence-electron chi connectivity index (χ0n) is 61.1. The summed E-state index contributed by atoms with van der Waals surface area (Å²) in [6.45, 7) is -1.10. The first-order valence-electron chi connectivity index (χ1n) is 33.0. The van der Waals surface area contributed by atoms with Crippen molar-refractivity contribution in [3.05, 3.63) is 278 Å². The number of azide groups is 2. The third-order valence-corrected chi connectivity index (χ3v) is 16.4. The van der Waals surface area contributed by atoms with Crippen LogP contribution in [-0.2, 0) is 157 Å². The van der Waals surface area contributed by atoms with Crippen LogP contribution in [0.2, 0.25) is 0 Å². The van der Waals surface area contributed by atoms with Gasteiger partial charge < -0.3 is 45.2 Å². The normalized spacial score (nSPS) is 11.1. The summed E-state index contributed by atoms with van der Waals surface area (Å²) in [5.41, 5.74) is 19.3. The van der Waals surface area contributed by atoms with Gasteiger partial charge in [0.05, 0.1) is 46.7 Å². The molecule has 0 heterocycles. The number of alkyl halides is 6. The first-order chi connectivity index (χ1) is 56.3. The van der Waals surface area contributed by atoms with E-state index in [4.69, 9.17) is 70.5 Å². The second-order valence-corrected chi connectivity index (χ2v) is 27.5. The van der Waals surface area contributed by atoms with Crippen LogP contribution in [0, 0.1) is 44.9 Å². The van der Waals surface area contributed by atoms with Gasteiger partial charge >= 0.3 is 77.8 Å². The number of esters is 4. The molecule has 0 spiro atoms. The second-order valence-electron chi connectivity index (χ2n) is 23.4. The van der Waals surface area contributed by atoms with E-state index in [1.807, 2.05) is 0 Å². The molecular weight excluding hydrogens is 1700 g/mol. The van der Waals surface area contributed by atoms with E-state index < -0.39 is 98.8 Å². The summed E-state index contributed by atoms with van der Waals surface area (Å²) in [5.74, 6) is 1.18. The molecule has 48 heteroatoms. The van der Waals surface area contributed by atoms with Crippen molar-refractivity contribution in [1.29, 1.82) is 0 Å². The Morgan fingerprint density at radius 1 is 0.400 bits per heavy atom. The van der Waals surface area contributed by atoms with Crippen LogP contribution in [0.1, 0.15) is 66.8 Å². The Morgan fingerprint density at radius 3 is 0.892 bits per heavy atom. The van der Waals surface area contributed by atoms with E-state index in [0.29, 0.717) is 55.6 Å². The molecule has 0 unspecified atom stereocenters. The maximum Gasteiger partial charge on any atom is 0.446 e. The summed E-state index contributed by atoms with van der Waals surface area (Å²) in [7, 11) is -18.9. The average Bonchev–Trinajstić information content (AvgIpc) is 0.867. The van der Waals surface area contributed by atoms with Gasteiger partial charge in [0.2, 0.25) is 0 Å². The molecule has 0 saturated heterocycles. The Labute approximate surface area is 676 Å². The highest BCUT2D eigenvalue weighted by Gasteiger charge is 2.31. The lowest BCUT2D eigenvalue weighted by atomic mass is 10.0. The SMILES string of the molecule is C#CCOc1cc(OS(=O)(=O)O)ccc1COC(=O)Cc1ccc(C(F)(F)F)cc1.C#CCOc1cc(OS(=O)(=O)O)ccc1COC(=O)Cc1ccc([N+](=O)[O-])cc1.[N-]=[N+]=NCCc1cc(OS(=O)(=O)O)ccc1COC(=O)Cc1ccc(C(F)(F)F)cc1.[N-]=[N+]=NCCc1cc(OS(=O)(=O)O)ccc1COC(=O)Cc1ccc([N+](=O)[O-])cc1. The van der Waals surface area contributed by atoms with Crippen LogP contribution in [-0.4, -0.2) is 112 Å². The number of hydrogen-bond acceptors (Lipinski definition) is 28. The molecule has 0 aromatic heterocycles. The van der Waals surface area contributed by atoms with Crippen LogP contribution in [0.4, 0.5) is 37.7 Å². The lowest BCUT2D eigenvalue weighted by Crippen LogP contribution is -2.11. The fourth-order valence-corrected chi connectivity index (χ4v) is 10.9. The Hall–Kier alpha value is -13.8. The number of non-ortho nitro benzene ring substituents is 2. The fraction of sp³-hybridized carbons (Fsp3) is 0.222. The maximum absolute atomic E-state index is 12.6. The van der Waals surface area contributed by atoms with E-state index in [1.165, 1.54) is 140 Å². The highest BCUT2D eigenvalue weighted by molar-refractivity contribution is 7.82. The van der Waals surface area contributed by atoms with Crippen LogP contribution in [0.5, 0.6) is 34.5 Å². The van der Waals surface area contributed by atoms with Crippen molar-refractivity contribution >= 4 is 76.8 Å². The van der Waals surface area contributed by atoms with Gasteiger partial charge in [-0.3, -0.25) is 57.6 Å². The number of carbonyl (C=O) groups is 4. The van der Waals surface area contributed by atoms with Crippen LogP contribution in [0.15, 0.2) is 180 Å². The van der Waals surface area contributed by atoms with E-state index in [2.05, 4.69) is 48.6 Å². The number of benzene rings is 8. The molecule has 0 fully saturated rings. The van der Waals surface area contributed by atoms with Gasteiger partial charge in [0.25, 0.3) is 11.4 Å². The predicted octanol–water partition coefficient (Wildman–Crippen LogP) is 12.2. The van der Waals surface area contributed by atoms with Crippen LogP contribution < -0.4 is 26.2 Å². The number of ether oxygens (including phenoxy) is 6. The van der Waals surface area contributed by atoms with Crippen molar-refractivity contribution in [3.8, 4) is 59.2 Å². The van der Waals surface area contributed by atoms with Gasteiger partial charge in [-0.25, -0.2) is 0 Å².